The minimum atomic E-state index is -0.434. The molecule has 2 aromatic heterocycles. The number of thiophene rings is 1. The zero-order valence-electron chi connectivity index (χ0n) is 17.7. The van der Waals surface area contributed by atoms with Gasteiger partial charge in [-0.2, -0.15) is 5.26 Å². The first-order valence-corrected chi connectivity index (χ1v) is 11.6. The Morgan fingerprint density at radius 3 is 2.67 bits per heavy atom. The van der Waals surface area contributed by atoms with Crippen LogP contribution in [0.3, 0.4) is 0 Å². The minimum Gasteiger partial charge on any atom is -0.476 e. The molecule has 1 amide bonds. The number of amides is 1. The Labute approximate surface area is 194 Å². The van der Waals surface area contributed by atoms with Gasteiger partial charge in [0.05, 0.1) is 10.9 Å². The van der Waals surface area contributed by atoms with Crippen molar-refractivity contribution in [3.05, 3.63) is 80.8 Å². The summed E-state index contributed by atoms with van der Waals surface area (Å²) in [4.78, 5) is 27.0. The summed E-state index contributed by atoms with van der Waals surface area (Å²) >= 11 is 1.45. The molecule has 0 radical (unpaired) electrons. The van der Waals surface area contributed by atoms with Crippen molar-refractivity contribution in [2.24, 2.45) is 0 Å². The Morgan fingerprint density at radius 2 is 1.85 bits per heavy atom. The SMILES string of the molecule is N#Cc1c(NC(=O)COc2c(-c3ccccc3)oc3ccccc3c2=O)sc2c1CCCC2. The van der Waals surface area contributed by atoms with E-state index in [4.69, 9.17) is 9.15 Å². The second-order valence-electron chi connectivity index (χ2n) is 7.82. The van der Waals surface area contributed by atoms with E-state index in [1.54, 1.807) is 24.3 Å². The van der Waals surface area contributed by atoms with Gasteiger partial charge in [-0.05, 0) is 43.4 Å². The summed E-state index contributed by atoms with van der Waals surface area (Å²) in [7, 11) is 0. The van der Waals surface area contributed by atoms with E-state index in [9.17, 15) is 14.9 Å². The molecule has 0 bridgehead atoms. The lowest BCUT2D eigenvalue weighted by molar-refractivity contribution is -0.118. The van der Waals surface area contributed by atoms with E-state index in [0.717, 1.165) is 36.1 Å². The van der Waals surface area contributed by atoms with Crippen molar-refractivity contribution in [1.82, 2.24) is 0 Å². The highest BCUT2D eigenvalue weighted by Crippen LogP contribution is 2.37. The van der Waals surface area contributed by atoms with Crippen LogP contribution in [0.15, 0.2) is 63.8 Å². The Balaban J connectivity index is 1.44. The van der Waals surface area contributed by atoms with Crippen LogP contribution in [0, 0.1) is 11.3 Å². The number of fused-ring (bicyclic) bond motifs is 2. The molecule has 0 saturated heterocycles. The summed E-state index contributed by atoms with van der Waals surface area (Å²) in [6.07, 6.45) is 3.93. The zero-order valence-corrected chi connectivity index (χ0v) is 18.5. The number of nitriles is 1. The van der Waals surface area contributed by atoms with Crippen LogP contribution < -0.4 is 15.5 Å². The van der Waals surface area contributed by atoms with E-state index < -0.39 is 5.91 Å². The maximum absolute atomic E-state index is 13.2. The van der Waals surface area contributed by atoms with Gasteiger partial charge < -0.3 is 14.5 Å². The van der Waals surface area contributed by atoms with E-state index in [-0.39, 0.29) is 23.5 Å². The van der Waals surface area contributed by atoms with E-state index in [0.29, 0.717) is 27.1 Å². The molecule has 0 aliphatic heterocycles. The number of nitrogens with zero attached hydrogens (tertiary/aromatic N) is 1. The first kappa shape index (κ1) is 21.0. The van der Waals surface area contributed by atoms with E-state index in [1.807, 2.05) is 30.3 Å². The molecule has 2 heterocycles. The lowest BCUT2D eigenvalue weighted by atomic mass is 9.96. The van der Waals surface area contributed by atoms with Crippen molar-refractivity contribution in [3.8, 4) is 23.1 Å². The highest BCUT2D eigenvalue weighted by Gasteiger charge is 2.23. The standard InChI is InChI=1S/C26H20N2O4S/c27-14-19-17-10-5-7-13-21(17)33-26(19)28-22(29)15-31-25-23(30)18-11-4-6-12-20(18)32-24(25)16-8-2-1-3-9-16/h1-4,6,8-9,11-12H,5,7,10,13,15H2,(H,28,29). The van der Waals surface area contributed by atoms with Crippen molar-refractivity contribution in [2.45, 2.75) is 25.7 Å². The van der Waals surface area contributed by atoms with Gasteiger partial charge in [-0.3, -0.25) is 9.59 Å². The summed E-state index contributed by atoms with van der Waals surface area (Å²) in [6.45, 7) is -0.379. The van der Waals surface area contributed by atoms with Crippen LogP contribution in [-0.4, -0.2) is 12.5 Å². The van der Waals surface area contributed by atoms with Crippen molar-refractivity contribution >= 4 is 33.2 Å². The number of para-hydroxylation sites is 1. The van der Waals surface area contributed by atoms with Crippen LogP contribution in [0.4, 0.5) is 5.00 Å². The number of aryl methyl sites for hydroxylation is 1. The zero-order chi connectivity index (χ0) is 22.8. The van der Waals surface area contributed by atoms with Gasteiger partial charge in [-0.15, -0.1) is 11.3 Å². The summed E-state index contributed by atoms with van der Waals surface area (Å²) in [6, 6.07) is 18.3. The van der Waals surface area contributed by atoms with Crippen LogP contribution >= 0.6 is 11.3 Å². The molecule has 7 heteroatoms. The fourth-order valence-corrected chi connectivity index (χ4v) is 5.36. The van der Waals surface area contributed by atoms with Gasteiger partial charge in [-0.1, -0.05) is 42.5 Å². The first-order valence-electron chi connectivity index (χ1n) is 10.7. The lowest BCUT2D eigenvalue weighted by Gasteiger charge is -2.11. The number of ether oxygens (including phenoxy) is 1. The topological polar surface area (TPSA) is 92.3 Å². The first-order chi connectivity index (χ1) is 16.2. The van der Waals surface area contributed by atoms with Crippen molar-refractivity contribution in [1.29, 1.82) is 5.26 Å². The molecule has 1 aliphatic rings. The van der Waals surface area contributed by atoms with Crippen molar-refractivity contribution in [3.63, 3.8) is 0 Å². The van der Waals surface area contributed by atoms with Gasteiger partial charge in [0.1, 0.15) is 16.7 Å². The maximum atomic E-state index is 13.2. The highest BCUT2D eigenvalue weighted by molar-refractivity contribution is 7.16. The van der Waals surface area contributed by atoms with Crippen molar-refractivity contribution in [2.75, 3.05) is 11.9 Å². The molecule has 33 heavy (non-hydrogen) atoms. The number of hydrogen-bond donors (Lipinski definition) is 1. The lowest BCUT2D eigenvalue weighted by Crippen LogP contribution is -2.22. The third-order valence-corrected chi connectivity index (χ3v) is 6.88. The Bertz CT molecular complexity index is 1450. The fraction of sp³-hybridized carbons (Fsp3) is 0.192. The third kappa shape index (κ3) is 4.01. The number of nitrogens with one attached hydrogen (secondary N) is 1. The normalized spacial score (nSPS) is 12.7. The second-order valence-corrected chi connectivity index (χ2v) is 8.92. The number of benzene rings is 2. The van der Waals surface area contributed by atoms with Crippen LogP contribution in [0.2, 0.25) is 0 Å². The Morgan fingerprint density at radius 1 is 1.09 bits per heavy atom. The van der Waals surface area contributed by atoms with Gasteiger partial charge in [0.15, 0.2) is 12.4 Å². The van der Waals surface area contributed by atoms with Gasteiger partial charge in [-0.25, -0.2) is 0 Å². The Kier molecular flexibility index (Phi) is 5.68. The number of anilines is 1. The molecule has 164 valence electrons. The molecular formula is C26H20N2O4S. The van der Waals surface area contributed by atoms with Crippen LogP contribution in [-0.2, 0) is 17.6 Å². The van der Waals surface area contributed by atoms with Crippen molar-refractivity contribution < 1.29 is 13.9 Å². The quantitative estimate of drug-likeness (QED) is 0.441. The summed E-state index contributed by atoms with van der Waals surface area (Å²) in [5.74, 6) is -0.172. The number of hydrogen-bond acceptors (Lipinski definition) is 6. The second kappa shape index (κ2) is 8.93. The largest absolute Gasteiger partial charge is 0.476 e. The predicted octanol–water partition coefficient (Wildman–Crippen LogP) is 5.29. The maximum Gasteiger partial charge on any atom is 0.262 e. The minimum absolute atomic E-state index is 0.0129. The fourth-order valence-electron chi connectivity index (χ4n) is 4.11. The summed E-state index contributed by atoms with van der Waals surface area (Å²) < 4.78 is 11.7. The van der Waals surface area contributed by atoms with Crippen LogP contribution in [0.1, 0.15) is 28.8 Å². The molecule has 0 fully saturated rings. The van der Waals surface area contributed by atoms with Gasteiger partial charge in [0.25, 0.3) is 5.91 Å². The molecule has 0 unspecified atom stereocenters. The van der Waals surface area contributed by atoms with Gasteiger partial charge in [0.2, 0.25) is 11.2 Å². The summed E-state index contributed by atoms with van der Waals surface area (Å²) in [5, 5.41) is 13.3. The van der Waals surface area contributed by atoms with Crippen LogP contribution in [0.5, 0.6) is 5.75 Å². The molecule has 1 aliphatic carbocycles. The molecule has 5 rings (SSSR count). The van der Waals surface area contributed by atoms with Gasteiger partial charge >= 0.3 is 0 Å². The molecule has 6 nitrogen and oxygen atoms in total. The average molecular weight is 457 g/mol. The molecule has 0 spiro atoms. The van der Waals surface area contributed by atoms with E-state index in [2.05, 4.69) is 11.4 Å². The third-order valence-electron chi connectivity index (χ3n) is 5.68. The number of carbonyl (C=O) groups is 1. The predicted molar refractivity (Wildman–Crippen MR) is 128 cm³/mol. The average Bonchev–Trinajstić information content (AvgIpc) is 3.20. The molecule has 1 N–H and O–H groups in total. The van der Waals surface area contributed by atoms with Gasteiger partial charge in [0, 0.05) is 10.4 Å². The van der Waals surface area contributed by atoms with E-state index >= 15 is 0 Å². The number of rotatable bonds is 5. The summed E-state index contributed by atoms with van der Waals surface area (Å²) in [5.41, 5.74) is 2.37. The van der Waals surface area contributed by atoms with Crippen LogP contribution in [0.25, 0.3) is 22.3 Å². The molecule has 0 saturated carbocycles. The molecule has 4 aromatic rings. The number of carbonyl (C=O) groups excluding carboxylic acids is 1. The highest BCUT2D eigenvalue weighted by atomic mass is 32.1. The van der Waals surface area contributed by atoms with E-state index in [1.165, 1.54) is 11.3 Å². The smallest absolute Gasteiger partial charge is 0.262 e. The molecule has 0 atom stereocenters. The molecule has 2 aromatic carbocycles. The molecular weight excluding hydrogens is 436 g/mol. The monoisotopic (exact) mass is 456 g/mol. The Hall–Kier alpha value is -3.89.